The van der Waals surface area contributed by atoms with Crippen LogP contribution >= 0.6 is 0 Å². The second-order valence-electron chi connectivity index (χ2n) is 9.87. The summed E-state index contributed by atoms with van der Waals surface area (Å²) in [6, 6.07) is 30.4. The summed E-state index contributed by atoms with van der Waals surface area (Å²) in [5.41, 5.74) is 7.90. The first-order chi connectivity index (χ1) is 19.8. The van der Waals surface area contributed by atoms with Crippen LogP contribution in [-0.4, -0.2) is 20.2 Å². The molecule has 0 saturated heterocycles. The van der Waals surface area contributed by atoms with Gasteiger partial charge in [0.2, 0.25) is 0 Å². The van der Waals surface area contributed by atoms with Crippen molar-refractivity contribution in [2.75, 3.05) is 14.2 Å². The van der Waals surface area contributed by atoms with Crippen LogP contribution in [0.2, 0.25) is 0 Å². The summed E-state index contributed by atoms with van der Waals surface area (Å²) in [5, 5.41) is 16.5. The first-order valence-electron chi connectivity index (χ1n) is 13.9. The Kier molecular flexibility index (Phi) is 10.9. The maximum absolute atomic E-state index is 14.5. The van der Waals surface area contributed by atoms with E-state index in [2.05, 4.69) is 42.5 Å². The molecule has 204 valence electrons. The zero-order valence-corrected chi connectivity index (χ0v) is 24.9. The molecule has 0 radical (unpaired) electrons. The van der Waals surface area contributed by atoms with Crippen LogP contribution in [0.3, 0.4) is 0 Å². The Labute approximate surface area is 247 Å². The second kappa shape index (κ2) is 14.6. The van der Waals surface area contributed by atoms with Crippen LogP contribution in [0, 0.1) is 0 Å². The van der Waals surface area contributed by atoms with E-state index in [0.717, 1.165) is 43.8 Å². The van der Waals surface area contributed by atoms with E-state index in [9.17, 15) is 4.79 Å². The van der Waals surface area contributed by atoms with Crippen LogP contribution < -0.4 is 10.2 Å². The van der Waals surface area contributed by atoms with Crippen LogP contribution in [0.4, 0.5) is 0 Å². The minimum atomic E-state index is -1.11. The van der Waals surface area contributed by atoms with Crippen LogP contribution in [0.5, 0.6) is 0 Å². The summed E-state index contributed by atoms with van der Waals surface area (Å²) in [4.78, 5) is 14.5. The van der Waals surface area contributed by atoms with Gasteiger partial charge in [-0.05, 0) is 0 Å². The third-order valence-electron chi connectivity index (χ3n) is 7.88. The van der Waals surface area contributed by atoms with E-state index in [4.69, 9.17) is 13.5 Å². The monoisotopic (exact) mass is 568 g/mol. The van der Waals surface area contributed by atoms with Crippen molar-refractivity contribution in [3.8, 4) is 0 Å². The predicted molar refractivity (Wildman–Crippen MR) is 152 cm³/mol. The van der Waals surface area contributed by atoms with Gasteiger partial charge in [0.1, 0.15) is 0 Å². The van der Waals surface area contributed by atoms with E-state index in [1.165, 1.54) is 47.1 Å². The maximum atomic E-state index is 14.5. The van der Waals surface area contributed by atoms with Gasteiger partial charge in [0.25, 0.3) is 0 Å². The Hall–Kier alpha value is -3.02. The van der Waals surface area contributed by atoms with Gasteiger partial charge in [-0.1, -0.05) is 0 Å². The van der Waals surface area contributed by atoms with Gasteiger partial charge < -0.3 is 10.2 Å². The Morgan fingerprint density at radius 1 is 0.650 bits per heavy atom. The molecule has 3 aliphatic rings. The first-order valence-corrected chi connectivity index (χ1v) is 15.3. The average Bonchev–Trinajstić information content (AvgIpc) is 3.37. The Bertz CT molecular complexity index is 1260. The van der Waals surface area contributed by atoms with Crippen LogP contribution in [-0.2, 0) is 33.1 Å². The van der Waals surface area contributed by atoms with E-state index in [1.807, 2.05) is 54.6 Å². The molecular weight excluding hydrogens is 532 g/mol. The molecule has 0 aliphatic heterocycles. The molecule has 3 aliphatic carbocycles. The number of benzene rings is 3. The molecule has 1 saturated carbocycles. The minimum absolute atomic E-state index is 0.165. The average molecular weight is 569 g/mol. The van der Waals surface area contributed by atoms with Gasteiger partial charge in [-0.3, -0.25) is 0 Å². The summed E-state index contributed by atoms with van der Waals surface area (Å²) in [7, 11) is 1.50. The van der Waals surface area contributed by atoms with Crippen LogP contribution in [0.1, 0.15) is 61.6 Å². The number of rotatable bonds is 6. The fourth-order valence-electron chi connectivity index (χ4n) is 6.23. The van der Waals surface area contributed by atoms with Gasteiger partial charge in [-0.15, -0.1) is 0 Å². The van der Waals surface area contributed by atoms with Crippen molar-refractivity contribution in [1.82, 2.24) is 0 Å². The molecule has 40 heavy (non-hydrogen) atoms. The normalized spacial score (nSPS) is 15.8. The summed E-state index contributed by atoms with van der Waals surface area (Å²) in [6.45, 7) is 0. The number of allylic oxidation sites excluding steroid dienone is 6. The van der Waals surface area contributed by atoms with Crippen molar-refractivity contribution in [2.24, 2.45) is 0 Å². The topological polar surface area (TPSA) is 72.4 Å². The number of fused-ring (bicyclic) bond motifs is 2. The summed E-state index contributed by atoms with van der Waals surface area (Å²) >= 11 is -1.11. The summed E-state index contributed by atoms with van der Waals surface area (Å²) in [5.74, 6) is -0.165. The Morgan fingerprint density at radius 2 is 1.10 bits per heavy atom. The van der Waals surface area contributed by atoms with Crippen molar-refractivity contribution in [3.05, 3.63) is 140 Å². The van der Waals surface area contributed by atoms with E-state index in [0.29, 0.717) is 0 Å². The van der Waals surface area contributed by atoms with Crippen LogP contribution in [0.25, 0.3) is 0 Å². The molecule has 0 amide bonds. The van der Waals surface area contributed by atoms with Gasteiger partial charge in [0.15, 0.2) is 0 Å². The van der Waals surface area contributed by atoms with Gasteiger partial charge in [-0.2, -0.15) is 14.2 Å². The molecule has 0 unspecified atom stereocenters. The van der Waals surface area contributed by atoms with E-state index < -0.39 is 25.0 Å². The molecule has 5 heteroatoms. The van der Waals surface area contributed by atoms with Gasteiger partial charge in [-0.25, -0.2) is 0 Å². The number of hydrogen-bond donors (Lipinski definition) is 0. The van der Waals surface area contributed by atoms with E-state index in [-0.39, 0.29) is 5.97 Å². The Balaban J connectivity index is 0.000000886. The molecule has 0 atom stereocenters. The third-order valence-corrected chi connectivity index (χ3v) is 9.54. The summed E-state index contributed by atoms with van der Waals surface area (Å²) in [6.07, 6.45) is 10.8. The fourth-order valence-corrected chi connectivity index (χ4v) is 7.97. The third kappa shape index (κ3) is 5.73. The molecule has 0 heterocycles. The molecule has 0 N–H and O–H groups in total. The van der Waals surface area contributed by atoms with E-state index in [1.54, 1.807) is 11.1 Å². The number of carbonyl (C=O) groups excluding carboxylic acids is 1. The first kappa shape index (κ1) is 30.0. The number of hydrogen-bond acceptors (Lipinski definition) is 4. The van der Waals surface area contributed by atoms with Gasteiger partial charge in [0, 0.05) is 0 Å². The molecule has 0 aromatic heterocycles. The van der Waals surface area contributed by atoms with Gasteiger partial charge >= 0.3 is 224 Å². The van der Waals surface area contributed by atoms with Crippen LogP contribution in [0.15, 0.2) is 123 Å². The Morgan fingerprint density at radius 3 is 1.60 bits per heavy atom. The summed E-state index contributed by atoms with van der Waals surface area (Å²) < 4.78 is 7.90. The van der Waals surface area contributed by atoms with Crippen molar-refractivity contribution in [2.45, 2.75) is 50.4 Å². The SMILES string of the molecule is C[O-].C[O-].O=C([O][Ti+2][C]1=C2CCCCC2=C2CCCC=C21)C(c1ccccc1)(c1ccccc1)c1ccccc1. The quantitative estimate of drug-likeness (QED) is 0.280. The zero-order valence-electron chi connectivity index (χ0n) is 23.3. The van der Waals surface area contributed by atoms with Crippen molar-refractivity contribution >= 4 is 5.97 Å². The number of carbonyl (C=O) groups is 1. The zero-order chi connectivity index (χ0) is 28.4. The second-order valence-corrected chi connectivity index (χ2v) is 11.3. The standard InChI is InChI=1S/C20H16O2.C13H15.2CH3O.Ti/c21-19(22)20(16-10-4-1-5-11-16,17-12-6-2-7-13-17)18-14-8-3-9-15-18;1-3-7-12-10(5-1)9-11-6-2-4-8-13(11)12;2*1-2;/h1-15H,(H,21,22);5H,1-4,6-8H2;2*1H3;/q;;2*-1;+3/p-1. The molecule has 0 bridgehead atoms. The van der Waals surface area contributed by atoms with Crippen molar-refractivity contribution in [3.63, 3.8) is 0 Å². The molecule has 3 aromatic carbocycles. The van der Waals surface area contributed by atoms with Crippen molar-refractivity contribution < 1.29 is 37.9 Å². The van der Waals surface area contributed by atoms with Crippen molar-refractivity contribution in [1.29, 1.82) is 0 Å². The molecule has 6 rings (SSSR count). The van der Waals surface area contributed by atoms with E-state index >= 15 is 0 Å². The van der Waals surface area contributed by atoms with Gasteiger partial charge in [0.05, 0.1) is 0 Å². The molecular formula is C35H36O4Ti. The molecule has 3 aromatic rings. The fraction of sp³-hybridized carbons (Fsp3) is 0.286. The molecule has 1 fully saturated rings. The predicted octanol–water partition coefficient (Wildman–Crippen LogP) is 5.76. The molecule has 4 nitrogen and oxygen atoms in total. The molecule has 0 spiro atoms.